The van der Waals surface area contributed by atoms with Crippen LogP contribution in [0.3, 0.4) is 0 Å². The van der Waals surface area contributed by atoms with Crippen molar-refractivity contribution < 1.29 is 23.7 Å². The number of hydrogen-bond acceptors (Lipinski definition) is 6. The molecule has 3 aliphatic heterocycles. The lowest BCUT2D eigenvalue weighted by atomic mass is 9.97. The van der Waals surface area contributed by atoms with Gasteiger partial charge in [-0.15, -0.1) is 0 Å². The van der Waals surface area contributed by atoms with E-state index in [4.69, 9.17) is 30.8 Å². The Balaban J connectivity index is 1.12. The van der Waals surface area contributed by atoms with E-state index in [9.17, 15) is 9.50 Å². The van der Waals surface area contributed by atoms with Crippen molar-refractivity contribution in [3.63, 3.8) is 0 Å². The molecule has 0 saturated carbocycles. The molecule has 3 aromatic carbocycles. The van der Waals surface area contributed by atoms with Gasteiger partial charge in [0.05, 0.1) is 30.2 Å². The van der Waals surface area contributed by atoms with E-state index in [0.717, 1.165) is 61.5 Å². The van der Waals surface area contributed by atoms with Crippen molar-refractivity contribution >= 4 is 34.0 Å². The SMILES string of the molecule is C=C(O)c1ccc2nc(CN3CC=C(c4cccc5c4O[C@@H](c4ccc(Cl)cc4F)CO5)CC3)n(C[C@@H]3CCO3)c2c1. The van der Waals surface area contributed by atoms with E-state index in [0.29, 0.717) is 34.2 Å². The number of para-hydroxylation sites is 1. The molecular weight excluding hydrogens is 557 g/mol. The van der Waals surface area contributed by atoms with Crippen LogP contribution in [0, 0.1) is 5.82 Å². The smallest absolute Gasteiger partial charge is 0.169 e. The first kappa shape index (κ1) is 27.0. The minimum absolute atomic E-state index is 0.0434. The molecule has 1 aromatic heterocycles. The quantitative estimate of drug-likeness (QED) is 0.236. The van der Waals surface area contributed by atoms with Crippen molar-refractivity contribution in [1.29, 1.82) is 0 Å². The van der Waals surface area contributed by atoms with Crippen LogP contribution in [0.1, 0.15) is 41.5 Å². The van der Waals surface area contributed by atoms with Gasteiger partial charge in [0.15, 0.2) is 17.6 Å². The number of nitrogens with zero attached hydrogens (tertiary/aromatic N) is 3. The van der Waals surface area contributed by atoms with E-state index in [1.54, 1.807) is 12.1 Å². The number of halogens is 2. The summed E-state index contributed by atoms with van der Waals surface area (Å²) in [5.41, 5.74) is 5.12. The van der Waals surface area contributed by atoms with Gasteiger partial charge < -0.3 is 23.9 Å². The van der Waals surface area contributed by atoms with Gasteiger partial charge in [-0.3, -0.25) is 4.90 Å². The number of aliphatic hydroxyl groups is 1. The largest absolute Gasteiger partial charge is 0.508 e. The van der Waals surface area contributed by atoms with Crippen molar-refractivity contribution in [2.75, 3.05) is 26.3 Å². The summed E-state index contributed by atoms with van der Waals surface area (Å²) in [5.74, 6) is 1.92. The fourth-order valence-corrected chi connectivity index (χ4v) is 6.03. The Labute approximate surface area is 248 Å². The number of fused-ring (bicyclic) bond motifs is 2. The summed E-state index contributed by atoms with van der Waals surface area (Å²) < 4.78 is 35.0. The van der Waals surface area contributed by atoms with Crippen molar-refractivity contribution in [2.24, 2.45) is 0 Å². The monoisotopic (exact) mass is 587 g/mol. The average Bonchev–Trinajstić information content (AvgIpc) is 3.30. The predicted octanol–water partition coefficient (Wildman–Crippen LogP) is 6.95. The van der Waals surface area contributed by atoms with Crippen LogP contribution in [-0.2, 0) is 17.8 Å². The van der Waals surface area contributed by atoms with Crippen LogP contribution >= 0.6 is 11.6 Å². The highest BCUT2D eigenvalue weighted by molar-refractivity contribution is 6.30. The lowest BCUT2D eigenvalue weighted by Gasteiger charge is -2.31. The molecular formula is C33H31ClFN3O4. The van der Waals surface area contributed by atoms with Crippen LogP contribution < -0.4 is 9.47 Å². The summed E-state index contributed by atoms with van der Waals surface area (Å²) in [6, 6.07) is 16.2. The summed E-state index contributed by atoms with van der Waals surface area (Å²) in [6.07, 6.45) is 3.69. The molecule has 4 heterocycles. The second kappa shape index (κ2) is 11.1. The molecule has 42 heavy (non-hydrogen) atoms. The topological polar surface area (TPSA) is 69.0 Å². The Morgan fingerprint density at radius 2 is 2.05 bits per heavy atom. The molecule has 4 aromatic rings. The van der Waals surface area contributed by atoms with Gasteiger partial charge in [0.2, 0.25) is 0 Å². The zero-order valence-electron chi connectivity index (χ0n) is 23.1. The van der Waals surface area contributed by atoms with Gasteiger partial charge in [-0.2, -0.15) is 0 Å². The second-order valence-electron chi connectivity index (χ2n) is 11.0. The molecule has 2 atom stereocenters. The highest BCUT2D eigenvalue weighted by Gasteiger charge is 2.29. The minimum Gasteiger partial charge on any atom is -0.508 e. The lowest BCUT2D eigenvalue weighted by molar-refractivity contribution is -0.0591. The zero-order chi connectivity index (χ0) is 28.8. The third-order valence-corrected chi connectivity index (χ3v) is 8.52. The molecule has 0 amide bonds. The first-order valence-electron chi connectivity index (χ1n) is 14.2. The normalized spacial score (nSPS) is 20.3. The van der Waals surface area contributed by atoms with Gasteiger partial charge in [0.25, 0.3) is 0 Å². The van der Waals surface area contributed by atoms with E-state index >= 15 is 0 Å². The third-order valence-electron chi connectivity index (χ3n) is 8.28. The van der Waals surface area contributed by atoms with Crippen molar-refractivity contribution in [3.8, 4) is 11.5 Å². The summed E-state index contributed by atoms with van der Waals surface area (Å²) >= 11 is 5.96. The van der Waals surface area contributed by atoms with Crippen molar-refractivity contribution in [3.05, 3.63) is 101 Å². The maximum Gasteiger partial charge on any atom is 0.169 e. The first-order valence-corrected chi connectivity index (χ1v) is 14.6. The van der Waals surface area contributed by atoms with Crippen molar-refractivity contribution in [1.82, 2.24) is 14.5 Å². The number of aromatic nitrogens is 2. The molecule has 0 bridgehead atoms. The van der Waals surface area contributed by atoms with Crippen LogP contribution in [-0.4, -0.2) is 52.0 Å². The number of hydrogen-bond donors (Lipinski definition) is 1. The molecule has 216 valence electrons. The summed E-state index contributed by atoms with van der Waals surface area (Å²) in [4.78, 5) is 7.33. The van der Waals surface area contributed by atoms with E-state index in [1.165, 1.54) is 11.6 Å². The van der Waals surface area contributed by atoms with Crippen LogP contribution in [0.2, 0.25) is 5.02 Å². The number of aliphatic hydroxyl groups excluding tert-OH is 1. The van der Waals surface area contributed by atoms with Crippen LogP contribution in [0.5, 0.6) is 11.5 Å². The van der Waals surface area contributed by atoms with E-state index in [1.807, 2.05) is 36.4 Å². The van der Waals surface area contributed by atoms with Gasteiger partial charge in [-0.05, 0) is 54.8 Å². The Morgan fingerprint density at radius 3 is 2.79 bits per heavy atom. The number of imidazole rings is 1. The maximum absolute atomic E-state index is 14.7. The van der Waals surface area contributed by atoms with Crippen molar-refractivity contribution in [2.45, 2.75) is 38.1 Å². The van der Waals surface area contributed by atoms with Crippen LogP contribution in [0.25, 0.3) is 22.4 Å². The molecule has 0 spiro atoms. The molecule has 1 N–H and O–H groups in total. The van der Waals surface area contributed by atoms with Gasteiger partial charge >= 0.3 is 0 Å². The zero-order valence-corrected chi connectivity index (χ0v) is 23.8. The standard InChI is InChI=1S/C33H31ClFN3O4/c1-20(39)22-5-8-28-29(15-22)38(17-24-11-14-40-24)32(36-28)18-37-12-9-21(10-13-37)25-3-2-4-30-33(25)42-31(19-41-30)26-7-6-23(34)16-27(26)35/h2-9,15-16,24,31,39H,1,10-14,17-19H2/t24-,31+/m0/s1. The van der Waals surface area contributed by atoms with Gasteiger partial charge in [-0.25, -0.2) is 9.37 Å². The fraction of sp³-hybridized carbons (Fsp3) is 0.303. The Kier molecular flexibility index (Phi) is 7.14. The molecule has 9 heteroatoms. The molecule has 1 saturated heterocycles. The number of benzene rings is 3. The fourth-order valence-electron chi connectivity index (χ4n) is 5.87. The minimum atomic E-state index is -0.562. The molecule has 0 aliphatic carbocycles. The van der Waals surface area contributed by atoms with E-state index in [-0.39, 0.29) is 18.5 Å². The first-order chi connectivity index (χ1) is 20.4. The molecule has 3 aliphatic rings. The lowest BCUT2D eigenvalue weighted by Crippen LogP contribution is -2.33. The Bertz CT molecular complexity index is 1710. The summed E-state index contributed by atoms with van der Waals surface area (Å²) in [5, 5.41) is 10.3. The van der Waals surface area contributed by atoms with E-state index in [2.05, 4.69) is 22.1 Å². The summed E-state index contributed by atoms with van der Waals surface area (Å²) in [6.45, 7) is 7.70. The number of ether oxygens (including phenoxy) is 3. The maximum atomic E-state index is 14.7. The van der Waals surface area contributed by atoms with Crippen LogP contribution in [0.4, 0.5) is 4.39 Å². The van der Waals surface area contributed by atoms with E-state index < -0.39 is 11.9 Å². The Hall–Kier alpha value is -3.85. The average molecular weight is 588 g/mol. The van der Waals surface area contributed by atoms with Gasteiger partial charge in [0.1, 0.15) is 24.0 Å². The Morgan fingerprint density at radius 1 is 1.17 bits per heavy atom. The van der Waals surface area contributed by atoms with Gasteiger partial charge in [-0.1, -0.05) is 42.5 Å². The number of rotatable bonds is 7. The third kappa shape index (κ3) is 5.15. The second-order valence-corrected chi connectivity index (χ2v) is 11.4. The summed E-state index contributed by atoms with van der Waals surface area (Å²) in [7, 11) is 0. The molecule has 7 nitrogen and oxygen atoms in total. The highest BCUT2D eigenvalue weighted by Crippen LogP contribution is 2.43. The molecule has 1 fully saturated rings. The highest BCUT2D eigenvalue weighted by atomic mass is 35.5. The molecule has 0 unspecified atom stereocenters. The van der Waals surface area contributed by atoms with Gasteiger partial charge in [0, 0.05) is 41.4 Å². The van der Waals surface area contributed by atoms with Crippen LogP contribution in [0.15, 0.2) is 67.3 Å². The molecule has 0 radical (unpaired) electrons. The molecule has 7 rings (SSSR count). The predicted molar refractivity (Wildman–Crippen MR) is 160 cm³/mol.